The van der Waals surface area contributed by atoms with Crippen molar-refractivity contribution in [1.29, 1.82) is 0 Å². The number of hydrogen-bond acceptors (Lipinski definition) is 11. The highest BCUT2D eigenvalue weighted by molar-refractivity contribution is 7.86. The summed E-state index contributed by atoms with van der Waals surface area (Å²) in [5.74, 6) is 0.309. The Morgan fingerprint density at radius 3 is 1.28 bits per heavy atom. The highest BCUT2D eigenvalue weighted by Crippen LogP contribution is 2.36. The summed E-state index contributed by atoms with van der Waals surface area (Å²) in [6.07, 6.45) is 0. The van der Waals surface area contributed by atoms with E-state index in [1.807, 2.05) is 0 Å². The van der Waals surface area contributed by atoms with Crippen LogP contribution in [0.25, 0.3) is 33.8 Å². The van der Waals surface area contributed by atoms with Crippen molar-refractivity contribution in [3.8, 4) is 39.5 Å². The number of halogens is 1. The lowest BCUT2D eigenvalue weighted by Crippen LogP contribution is -2.68. The Labute approximate surface area is 246 Å². The van der Waals surface area contributed by atoms with E-state index in [2.05, 4.69) is 0 Å². The summed E-state index contributed by atoms with van der Waals surface area (Å²) in [7, 11) is -17.2. The first-order valence-electron chi connectivity index (χ1n) is 11.1. The lowest BCUT2D eigenvalue weighted by atomic mass is 10.0. The molecular weight excluding hydrogens is 660 g/mol. The van der Waals surface area contributed by atoms with Gasteiger partial charge in [-0.15, -0.1) is 10.2 Å². The molecule has 0 saturated heterocycles. The van der Waals surface area contributed by atoms with Gasteiger partial charge >= 0.3 is 11.5 Å². The number of rotatable bonds is 7. The Bertz CT molecular complexity index is 1850. The molecule has 0 aliphatic rings. The van der Waals surface area contributed by atoms with Crippen LogP contribution in [0.15, 0.2) is 98.0 Å². The van der Waals surface area contributed by atoms with Crippen LogP contribution < -0.4 is 23.4 Å². The van der Waals surface area contributed by atoms with E-state index in [-0.39, 0.29) is 27.1 Å². The third kappa shape index (κ3) is 9.48. The molecular formula is C24H19ClO15S3. The second kappa shape index (κ2) is 12.6. The predicted molar refractivity (Wildman–Crippen MR) is 135 cm³/mol. The fourth-order valence-electron chi connectivity index (χ4n) is 3.59. The molecule has 0 aliphatic carbocycles. The smallest absolute Gasteiger partial charge is 0.361 e. The van der Waals surface area contributed by atoms with Crippen LogP contribution in [0.5, 0.6) is 5.75 Å². The van der Waals surface area contributed by atoms with E-state index in [1.54, 1.807) is 6.07 Å². The van der Waals surface area contributed by atoms with Gasteiger partial charge in [-0.05, 0) is 66.2 Å². The van der Waals surface area contributed by atoms with Crippen LogP contribution in [-0.4, -0.2) is 46.0 Å². The van der Waals surface area contributed by atoms with E-state index in [0.717, 1.165) is 24.3 Å². The van der Waals surface area contributed by atoms with Crippen molar-refractivity contribution in [1.82, 2.24) is 0 Å². The van der Waals surface area contributed by atoms with E-state index >= 15 is 0 Å². The summed E-state index contributed by atoms with van der Waals surface area (Å²) >= 11 is 0. The first kappa shape index (κ1) is 34.0. The van der Waals surface area contributed by atoms with Gasteiger partial charge in [0.15, 0.2) is 0 Å². The van der Waals surface area contributed by atoms with Crippen LogP contribution in [0.1, 0.15) is 0 Å². The van der Waals surface area contributed by atoms with Crippen LogP contribution >= 0.6 is 0 Å². The number of ether oxygens (including phenoxy) is 1. The van der Waals surface area contributed by atoms with Gasteiger partial charge in [-0.25, -0.2) is 23.1 Å². The molecule has 0 aliphatic heterocycles. The minimum Gasteiger partial charge on any atom is -0.495 e. The lowest BCUT2D eigenvalue weighted by Gasteiger charge is -2.17. The Balaban J connectivity index is 0.000000934. The summed E-state index contributed by atoms with van der Waals surface area (Å²) in [4.78, 5) is -1.16. The lowest BCUT2D eigenvalue weighted by molar-refractivity contribution is -2.00. The molecule has 0 atom stereocenters. The summed E-state index contributed by atoms with van der Waals surface area (Å²) in [5, 5.41) is 0. The summed E-state index contributed by atoms with van der Waals surface area (Å²) in [6.45, 7) is 0. The van der Waals surface area contributed by atoms with Gasteiger partial charge in [0.2, 0.25) is 0 Å². The molecule has 0 spiro atoms. The van der Waals surface area contributed by atoms with Crippen LogP contribution in [0, 0.1) is 10.2 Å². The van der Waals surface area contributed by atoms with Gasteiger partial charge in [0, 0.05) is 5.56 Å². The summed E-state index contributed by atoms with van der Waals surface area (Å²) in [5.41, 5.74) is 1.52. The number of methoxy groups -OCH3 is 1. The predicted octanol–water partition coefficient (Wildman–Crippen LogP) is -0.446. The largest absolute Gasteiger partial charge is 0.495 e. The maximum Gasteiger partial charge on any atom is 0.361 e. The van der Waals surface area contributed by atoms with Crippen LogP contribution in [-0.2, 0) is 30.4 Å². The van der Waals surface area contributed by atoms with Crippen molar-refractivity contribution in [2.45, 2.75) is 14.7 Å². The standard InChI is InChI=1S/C24H18O11S3.ClHO4/c1-34-21-11-6-17(14-24(21)38(31,32)33)18-12-22(15-2-7-19(8-3-15)36(25,26)27)35-23(13-18)16-4-9-20(10-5-16)37(28,29)30;2-1(3,4)5/h2-14H,1H3,(H2-,25,26,27,28,29,30,31,32,33);(H,2,3,4,5). The maximum atomic E-state index is 11.9. The van der Waals surface area contributed by atoms with Gasteiger partial charge in [0.05, 0.1) is 40.2 Å². The van der Waals surface area contributed by atoms with Crippen molar-refractivity contribution < 1.29 is 76.9 Å². The second-order valence-corrected chi connectivity index (χ2v) is 13.3. The third-order valence-corrected chi connectivity index (χ3v) is 8.05. The molecule has 19 heteroatoms. The molecule has 0 bridgehead atoms. The molecule has 230 valence electrons. The zero-order chi connectivity index (χ0) is 32.4. The Hall–Kier alpha value is -3.53. The normalized spacial score (nSPS) is 12.3. The van der Waals surface area contributed by atoms with E-state index in [1.165, 1.54) is 55.6 Å². The van der Waals surface area contributed by atoms with Crippen LogP contribution in [0.3, 0.4) is 0 Å². The van der Waals surface area contributed by atoms with Gasteiger partial charge in [-0.3, -0.25) is 13.7 Å². The molecule has 3 aromatic carbocycles. The molecule has 0 radical (unpaired) electrons. The van der Waals surface area contributed by atoms with Crippen molar-refractivity contribution >= 4 is 30.4 Å². The van der Waals surface area contributed by atoms with Crippen molar-refractivity contribution in [2.75, 3.05) is 7.11 Å². The number of hydrogen-bond donors (Lipinski definition) is 3. The monoisotopic (exact) mass is 678 g/mol. The maximum absolute atomic E-state index is 11.9. The third-order valence-electron chi connectivity index (χ3n) is 5.44. The molecule has 3 N–H and O–H groups in total. The van der Waals surface area contributed by atoms with Crippen LogP contribution in [0.2, 0.25) is 0 Å². The Kier molecular flexibility index (Phi) is 9.95. The molecule has 43 heavy (non-hydrogen) atoms. The fourth-order valence-corrected chi connectivity index (χ4v) is 5.23. The minimum absolute atomic E-state index is 0.0843. The highest BCUT2D eigenvalue weighted by Gasteiger charge is 2.24. The van der Waals surface area contributed by atoms with E-state index < -0.39 is 45.5 Å². The molecule has 0 saturated carbocycles. The molecule has 0 fully saturated rings. The van der Waals surface area contributed by atoms with Crippen molar-refractivity contribution in [3.63, 3.8) is 0 Å². The van der Waals surface area contributed by atoms with Gasteiger partial charge < -0.3 is 4.74 Å². The zero-order valence-electron chi connectivity index (χ0n) is 21.3. The molecule has 1 aromatic heterocycles. The zero-order valence-corrected chi connectivity index (χ0v) is 24.6. The molecule has 0 amide bonds. The second-order valence-electron chi connectivity index (χ2n) is 8.29. The summed E-state index contributed by atoms with van der Waals surface area (Å²) < 4.78 is 143. The van der Waals surface area contributed by atoms with Crippen LogP contribution in [0.4, 0.5) is 0 Å². The fraction of sp³-hybridized carbons (Fsp3) is 0.0417. The number of benzene rings is 3. The van der Waals surface area contributed by atoms with Gasteiger partial charge in [0.25, 0.3) is 30.4 Å². The average molecular weight is 679 g/mol. The first-order chi connectivity index (χ1) is 19.7. The van der Waals surface area contributed by atoms with Crippen molar-refractivity contribution in [2.24, 2.45) is 0 Å². The van der Waals surface area contributed by atoms with E-state index in [0.29, 0.717) is 22.3 Å². The van der Waals surface area contributed by atoms with Crippen molar-refractivity contribution in [3.05, 3.63) is 78.9 Å². The molecule has 4 rings (SSSR count). The Morgan fingerprint density at radius 2 is 0.953 bits per heavy atom. The quantitative estimate of drug-likeness (QED) is 0.165. The Morgan fingerprint density at radius 1 is 0.581 bits per heavy atom. The first-order valence-corrected chi connectivity index (χ1v) is 16.6. The van der Waals surface area contributed by atoms with E-state index in [9.17, 15) is 38.9 Å². The molecule has 1 heterocycles. The summed E-state index contributed by atoms with van der Waals surface area (Å²) in [6, 6.07) is 17.3. The van der Waals surface area contributed by atoms with Gasteiger partial charge in [-0.2, -0.15) is 25.3 Å². The average Bonchev–Trinajstić information content (AvgIpc) is 2.90. The molecule has 4 aromatic rings. The van der Waals surface area contributed by atoms with Gasteiger partial charge in [0.1, 0.15) is 10.6 Å². The minimum atomic E-state index is -4.94. The van der Waals surface area contributed by atoms with Gasteiger partial charge in [-0.1, -0.05) is 6.07 Å². The molecule has 0 unspecified atom stereocenters. The highest BCUT2D eigenvalue weighted by atomic mass is 35.7. The molecule has 15 nitrogen and oxygen atoms in total. The SMILES string of the molecule is COc1ccc(-c2cc(-c3ccc(S(=O)(=O)O)cc3)[o+]c(-c3ccc(S(=O)(=O)O)cc3)c2)cc1S(=O)(=O)O.[O-][Cl+3]([O-])([O-])[O-]. The van der Waals surface area contributed by atoms with E-state index in [4.69, 9.17) is 27.8 Å². The topological polar surface area (TPSA) is 276 Å².